The van der Waals surface area contributed by atoms with Crippen LogP contribution >= 0.6 is 0 Å². The normalized spacial score (nSPS) is 9.68. The van der Waals surface area contributed by atoms with E-state index in [4.69, 9.17) is 5.26 Å². The lowest BCUT2D eigenvalue weighted by molar-refractivity contribution is -0.385. The molecule has 0 bridgehead atoms. The highest BCUT2D eigenvalue weighted by atomic mass is 16.6. The molecule has 0 aliphatic heterocycles. The molecule has 0 fully saturated rings. The minimum Gasteiger partial charge on any atom is -0.353 e. The number of rotatable bonds is 3. The second-order valence-corrected chi connectivity index (χ2v) is 3.92. The SMILES string of the molecule is Cc1ccc(Nc2cnccc2C#N)cc1[N+](=O)[O-]. The van der Waals surface area contributed by atoms with Gasteiger partial charge in [0.2, 0.25) is 0 Å². The Kier molecular flexibility index (Phi) is 3.39. The van der Waals surface area contributed by atoms with Crippen molar-refractivity contribution in [2.75, 3.05) is 5.32 Å². The van der Waals surface area contributed by atoms with Gasteiger partial charge in [-0.2, -0.15) is 5.26 Å². The summed E-state index contributed by atoms with van der Waals surface area (Å²) in [7, 11) is 0. The molecule has 2 rings (SSSR count). The number of benzene rings is 1. The number of hydrogen-bond donors (Lipinski definition) is 1. The van der Waals surface area contributed by atoms with E-state index in [0.717, 1.165) is 0 Å². The van der Waals surface area contributed by atoms with Crippen molar-refractivity contribution in [1.82, 2.24) is 4.98 Å². The Morgan fingerprint density at radius 1 is 1.42 bits per heavy atom. The smallest absolute Gasteiger partial charge is 0.274 e. The van der Waals surface area contributed by atoms with Crippen LogP contribution in [0.2, 0.25) is 0 Å². The molecule has 6 nitrogen and oxygen atoms in total. The lowest BCUT2D eigenvalue weighted by atomic mass is 10.1. The molecule has 6 heteroatoms. The first-order valence-electron chi connectivity index (χ1n) is 5.48. The van der Waals surface area contributed by atoms with Crippen molar-refractivity contribution in [3.8, 4) is 6.07 Å². The van der Waals surface area contributed by atoms with Gasteiger partial charge < -0.3 is 5.32 Å². The van der Waals surface area contributed by atoms with Crippen molar-refractivity contribution in [2.24, 2.45) is 0 Å². The molecule has 0 aliphatic carbocycles. The van der Waals surface area contributed by atoms with Gasteiger partial charge in [0.05, 0.1) is 22.4 Å². The zero-order chi connectivity index (χ0) is 13.8. The first-order valence-corrected chi connectivity index (χ1v) is 5.48. The predicted molar refractivity (Wildman–Crippen MR) is 70.1 cm³/mol. The summed E-state index contributed by atoms with van der Waals surface area (Å²) >= 11 is 0. The Hall–Kier alpha value is -2.94. The summed E-state index contributed by atoms with van der Waals surface area (Å²) in [6.07, 6.45) is 3.02. The lowest BCUT2D eigenvalue weighted by Crippen LogP contribution is -1.97. The quantitative estimate of drug-likeness (QED) is 0.671. The number of nitro groups is 1. The standard InChI is InChI=1S/C13H10N4O2/c1-9-2-3-11(6-13(9)17(18)19)16-12-8-15-5-4-10(12)7-14/h2-6,8,16H,1H3. The summed E-state index contributed by atoms with van der Waals surface area (Å²) in [5.74, 6) is 0. The lowest BCUT2D eigenvalue weighted by Gasteiger charge is -2.08. The van der Waals surface area contributed by atoms with Crippen LogP contribution in [0.3, 0.4) is 0 Å². The van der Waals surface area contributed by atoms with Gasteiger partial charge in [0, 0.05) is 23.5 Å². The zero-order valence-electron chi connectivity index (χ0n) is 10.1. The van der Waals surface area contributed by atoms with E-state index in [1.165, 1.54) is 18.5 Å². The van der Waals surface area contributed by atoms with Crippen LogP contribution in [0.4, 0.5) is 17.1 Å². The molecule has 0 spiro atoms. The van der Waals surface area contributed by atoms with E-state index >= 15 is 0 Å². The summed E-state index contributed by atoms with van der Waals surface area (Å²) in [6, 6.07) is 8.41. The molecule has 0 unspecified atom stereocenters. The second kappa shape index (κ2) is 5.14. The third kappa shape index (κ3) is 2.66. The van der Waals surface area contributed by atoms with Gasteiger partial charge in [0.1, 0.15) is 6.07 Å². The number of anilines is 2. The summed E-state index contributed by atoms with van der Waals surface area (Å²) in [6.45, 7) is 1.67. The average Bonchev–Trinajstić information content (AvgIpc) is 2.41. The van der Waals surface area contributed by atoms with Gasteiger partial charge in [-0.25, -0.2) is 0 Å². The monoisotopic (exact) mass is 254 g/mol. The molecule has 0 radical (unpaired) electrons. The van der Waals surface area contributed by atoms with Crippen molar-refractivity contribution in [3.63, 3.8) is 0 Å². The second-order valence-electron chi connectivity index (χ2n) is 3.92. The maximum atomic E-state index is 10.9. The molecule has 19 heavy (non-hydrogen) atoms. The molecule has 94 valence electrons. The highest BCUT2D eigenvalue weighted by molar-refractivity contribution is 5.67. The number of nitrogens with one attached hydrogen (secondary N) is 1. The Morgan fingerprint density at radius 2 is 2.21 bits per heavy atom. The first kappa shape index (κ1) is 12.5. The van der Waals surface area contributed by atoms with Crippen LogP contribution in [0, 0.1) is 28.4 Å². The van der Waals surface area contributed by atoms with Gasteiger partial charge in [-0.05, 0) is 19.1 Å². The van der Waals surface area contributed by atoms with E-state index in [1.807, 2.05) is 6.07 Å². The minimum absolute atomic E-state index is 0.0346. The van der Waals surface area contributed by atoms with Gasteiger partial charge >= 0.3 is 0 Å². The van der Waals surface area contributed by atoms with E-state index in [2.05, 4.69) is 10.3 Å². The van der Waals surface area contributed by atoms with Crippen LogP contribution in [0.5, 0.6) is 0 Å². The van der Waals surface area contributed by atoms with Crippen LogP contribution < -0.4 is 5.32 Å². The Labute approximate surface area is 109 Å². The van der Waals surface area contributed by atoms with E-state index in [0.29, 0.717) is 22.5 Å². The Balaban J connectivity index is 2.37. The van der Waals surface area contributed by atoms with Gasteiger partial charge in [0.15, 0.2) is 0 Å². The number of aromatic nitrogens is 1. The third-order valence-corrected chi connectivity index (χ3v) is 2.63. The number of pyridine rings is 1. The molecule has 1 aromatic carbocycles. The molecule has 1 aromatic heterocycles. The predicted octanol–water partition coefficient (Wildman–Crippen LogP) is 2.91. The van der Waals surface area contributed by atoms with Gasteiger partial charge in [-0.1, -0.05) is 6.07 Å². The fourth-order valence-electron chi connectivity index (χ4n) is 1.63. The highest BCUT2D eigenvalue weighted by Crippen LogP contribution is 2.25. The molecule has 0 aliphatic rings. The van der Waals surface area contributed by atoms with Crippen LogP contribution in [-0.2, 0) is 0 Å². The molecule has 1 heterocycles. The van der Waals surface area contributed by atoms with E-state index < -0.39 is 4.92 Å². The molecule has 0 saturated carbocycles. The first-order chi connectivity index (χ1) is 9.11. The Morgan fingerprint density at radius 3 is 2.89 bits per heavy atom. The number of aryl methyl sites for hydroxylation is 1. The fraction of sp³-hybridized carbons (Fsp3) is 0.0769. The van der Waals surface area contributed by atoms with Gasteiger partial charge in [-0.15, -0.1) is 0 Å². The van der Waals surface area contributed by atoms with Crippen LogP contribution in [0.1, 0.15) is 11.1 Å². The third-order valence-electron chi connectivity index (χ3n) is 2.63. The zero-order valence-corrected chi connectivity index (χ0v) is 10.1. The van der Waals surface area contributed by atoms with Gasteiger partial charge in [0.25, 0.3) is 5.69 Å². The molecule has 1 N–H and O–H groups in total. The molecule has 0 atom stereocenters. The van der Waals surface area contributed by atoms with Crippen molar-refractivity contribution in [1.29, 1.82) is 5.26 Å². The number of hydrogen-bond acceptors (Lipinski definition) is 5. The fourth-order valence-corrected chi connectivity index (χ4v) is 1.63. The van der Waals surface area contributed by atoms with Crippen molar-refractivity contribution >= 4 is 17.1 Å². The summed E-state index contributed by atoms with van der Waals surface area (Å²) in [4.78, 5) is 14.3. The molecular weight excluding hydrogens is 244 g/mol. The van der Waals surface area contributed by atoms with E-state index in [-0.39, 0.29) is 5.69 Å². The highest BCUT2D eigenvalue weighted by Gasteiger charge is 2.11. The maximum Gasteiger partial charge on any atom is 0.274 e. The van der Waals surface area contributed by atoms with Crippen molar-refractivity contribution in [3.05, 3.63) is 57.9 Å². The van der Waals surface area contributed by atoms with E-state index in [1.54, 1.807) is 25.1 Å². The largest absolute Gasteiger partial charge is 0.353 e. The molecule has 2 aromatic rings. The van der Waals surface area contributed by atoms with Crippen LogP contribution in [0.25, 0.3) is 0 Å². The molecular formula is C13H10N4O2. The average molecular weight is 254 g/mol. The maximum absolute atomic E-state index is 10.9. The molecule has 0 amide bonds. The van der Waals surface area contributed by atoms with E-state index in [9.17, 15) is 10.1 Å². The van der Waals surface area contributed by atoms with Crippen molar-refractivity contribution in [2.45, 2.75) is 6.92 Å². The summed E-state index contributed by atoms with van der Waals surface area (Å²) < 4.78 is 0. The minimum atomic E-state index is -0.436. The van der Waals surface area contributed by atoms with Crippen LogP contribution in [0.15, 0.2) is 36.7 Å². The molecule has 0 saturated heterocycles. The summed E-state index contributed by atoms with van der Waals surface area (Å²) in [5, 5.41) is 22.8. The number of nitriles is 1. The number of nitro benzene ring substituents is 1. The topological polar surface area (TPSA) is 91.8 Å². The van der Waals surface area contributed by atoms with Gasteiger partial charge in [-0.3, -0.25) is 15.1 Å². The number of nitrogens with zero attached hydrogens (tertiary/aromatic N) is 3. The van der Waals surface area contributed by atoms with Crippen LogP contribution in [-0.4, -0.2) is 9.91 Å². The van der Waals surface area contributed by atoms with Crippen molar-refractivity contribution < 1.29 is 4.92 Å². The summed E-state index contributed by atoms with van der Waals surface area (Å²) in [5.41, 5.74) is 2.11. The Bertz CT molecular complexity index is 677.